The molecule has 104 valence electrons. The van der Waals surface area contributed by atoms with Gasteiger partial charge in [-0.1, -0.05) is 20.3 Å². The van der Waals surface area contributed by atoms with Crippen LogP contribution in [0.1, 0.15) is 44.0 Å². The standard InChI is InChI=1S/C15H23N3S/c1-4-6-12(16-10-5-2)14-7-8-15(19-14)13-9-11-18(3)17-13/h7-9,11-12,16H,4-6,10H2,1-3H3. The SMILES string of the molecule is CCCNC(CCC)c1ccc(-c2ccn(C)n2)s1. The van der Waals surface area contributed by atoms with E-state index < -0.39 is 0 Å². The minimum absolute atomic E-state index is 0.493. The molecule has 1 atom stereocenters. The van der Waals surface area contributed by atoms with Crippen LogP contribution in [0.2, 0.25) is 0 Å². The molecule has 0 saturated heterocycles. The van der Waals surface area contributed by atoms with Crippen molar-refractivity contribution in [3.63, 3.8) is 0 Å². The predicted octanol–water partition coefficient (Wildman–Crippen LogP) is 3.99. The largest absolute Gasteiger partial charge is 0.309 e. The maximum Gasteiger partial charge on any atom is 0.102 e. The molecular formula is C15H23N3S. The van der Waals surface area contributed by atoms with E-state index in [0.717, 1.165) is 12.2 Å². The average Bonchev–Trinajstić information content (AvgIpc) is 3.03. The Kier molecular flexibility index (Phi) is 5.16. The van der Waals surface area contributed by atoms with E-state index in [9.17, 15) is 0 Å². The molecule has 0 saturated carbocycles. The van der Waals surface area contributed by atoms with E-state index in [1.807, 2.05) is 29.3 Å². The van der Waals surface area contributed by atoms with E-state index in [-0.39, 0.29) is 0 Å². The van der Waals surface area contributed by atoms with Gasteiger partial charge in [-0.3, -0.25) is 4.68 Å². The average molecular weight is 277 g/mol. The minimum atomic E-state index is 0.493. The fraction of sp³-hybridized carbons (Fsp3) is 0.533. The topological polar surface area (TPSA) is 29.9 Å². The fourth-order valence-corrected chi connectivity index (χ4v) is 3.26. The van der Waals surface area contributed by atoms with Crippen molar-refractivity contribution in [1.29, 1.82) is 0 Å². The van der Waals surface area contributed by atoms with Gasteiger partial charge in [0.25, 0.3) is 0 Å². The first-order valence-corrected chi connectivity index (χ1v) is 7.89. The Morgan fingerprint density at radius 1 is 1.26 bits per heavy atom. The van der Waals surface area contributed by atoms with E-state index in [1.165, 1.54) is 29.0 Å². The second-order valence-corrected chi connectivity index (χ2v) is 5.99. The van der Waals surface area contributed by atoms with Gasteiger partial charge in [0.1, 0.15) is 5.69 Å². The summed E-state index contributed by atoms with van der Waals surface area (Å²) in [5.74, 6) is 0. The van der Waals surface area contributed by atoms with Gasteiger partial charge in [-0.05, 0) is 37.6 Å². The van der Waals surface area contributed by atoms with Gasteiger partial charge in [0.2, 0.25) is 0 Å². The lowest BCUT2D eigenvalue weighted by molar-refractivity contribution is 0.501. The molecule has 0 aliphatic rings. The molecule has 2 aromatic heterocycles. The third-order valence-electron chi connectivity index (χ3n) is 3.15. The van der Waals surface area contributed by atoms with Crippen LogP contribution in [0, 0.1) is 0 Å². The molecule has 0 aromatic carbocycles. The number of aromatic nitrogens is 2. The van der Waals surface area contributed by atoms with Crippen molar-refractivity contribution in [3.8, 4) is 10.6 Å². The molecule has 3 nitrogen and oxygen atoms in total. The highest BCUT2D eigenvalue weighted by Crippen LogP contribution is 2.32. The van der Waals surface area contributed by atoms with Gasteiger partial charge in [-0.15, -0.1) is 11.3 Å². The zero-order chi connectivity index (χ0) is 13.7. The van der Waals surface area contributed by atoms with Gasteiger partial charge in [-0.25, -0.2) is 0 Å². The van der Waals surface area contributed by atoms with Crippen LogP contribution in [0.4, 0.5) is 0 Å². The van der Waals surface area contributed by atoms with E-state index in [1.54, 1.807) is 0 Å². The summed E-state index contributed by atoms with van der Waals surface area (Å²) in [4.78, 5) is 2.69. The van der Waals surface area contributed by atoms with Gasteiger partial charge in [-0.2, -0.15) is 5.10 Å². The van der Waals surface area contributed by atoms with E-state index >= 15 is 0 Å². The summed E-state index contributed by atoms with van der Waals surface area (Å²) < 4.78 is 1.85. The molecule has 0 aliphatic carbocycles. The molecule has 2 aromatic rings. The van der Waals surface area contributed by atoms with E-state index in [0.29, 0.717) is 6.04 Å². The molecular weight excluding hydrogens is 254 g/mol. The normalized spacial score (nSPS) is 12.8. The third-order valence-corrected chi connectivity index (χ3v) is 4.38. The first-order valence-electron chi connectivity index (χ1n) is 7.07. The second-order valence-electron chi connectivity index (χ2n) is 4.87. The lowest BCUT2D eigenvalue weighted by atomic mass is 10.1. The van der Waals surface area contributed by atoms with E-state index in [2.05, 4.69) is 42.5 Å². The summed E-state index contributed by atoms with van der Waals surface area (Å²) in [6.45, 7) is 5.54. The van der Waals surface area contributed by atoms with Crippen molar-refractivity contribution in [1.82, 2.24) is 15.1 Å². The van der Waals surface area contributed by atoms with Gasteiger partial charge in [0, 0.05) is 24.2 Å². The number of nitrogens with zero attached hydrogens (tertiary/aromatic N) is 2. The van der Waals surface area contributed by atoms with Crippen LogP contribution in [0.15, 0.2) is 24.4 Å². The predicted molar refractivity (Wildman–Crippen MR) is 82.5 cm³/mol. The van der Waals surface area contributed by atoms with Crippen molar-refractivity contribution >= 4 is 11.3 Å². The molecule has 4 heteroatoms. The van der Waals surface area contributed by atoms with Crippen LogP contribution in [0.3, 0.4) is 0 Å². The highest BCUT2D eigenvalue weighted by Gasteiger charge is 2.13. The van der Waals surface area contributed by atoms with Crippen molar-refractivity contribution in [2.24, 2.45) is 7.05 Å². The van der Waals surface area contributed by atoms with Gasteiger partial charge in [0.05, 0.1) is 4.88 Å². The third kappa shape index (κ3) is 3.67. The number of rotatable bonds is 7. The fourth-order valence-electron chi connectivity index (χ4n) is 2.18. The Balaban J connectivity index is 2.13. The van der Waals surface area contributed by atoms with Crippen LogP contribution in [-0.4, -0.2) is 16.3 Å². The van der Waals surface area contributed by atoms with Gasteiger partial charge in [0.15, 0.2) is 0 Å². The smallest absolute Gasteiger partial charge is 0.102 e. The Labute approximate surface area is 119 Å². The number of aryl methyl sites for hydroxylation is 1. The number of hydrogen-bond acceptors (Lipinski definition) is 3. The van der Waals surface area contributed by atoms with Crippen LogP contribution in [-0.2, 0) is 7.05 Å². The number of hydrogen-bond donors (Lipinski definition) is 1. The monoisotopic (exact) mass is 277 g/mol. The van der Waals surface area contributed by atoms with Crippen molar-refractivity contribution in [2.45, 2.75) is 39.2 Å². The zero-order valence-corrected chi connectivity index (χ0v) is 12.8. The highest BCUT2D eigenvalue weighted by molar-refractivity contribution is 7.15. The van der Waals surface area contributed by atoms with Crippen LogP contribution in [0.5, 0.6) is 0 Å². The zero-order valence-electron chi connectivity index (χ0n) is 12.0. The lowest BCUT2D eigenvalue weighted by Gasteiger charge is -2.15. The quantitative estimate of drug-likeness (QED) is 0.829. The van der Waals surface area contributed by atoms with Crippen LogP contribution >= 0.6 is 11.3 Å². The van der Waals surface area contributed by atoms with Crippen molar-refractivity contribution in [3.05, 3.63) is 29.3 Å². The number of nitrogens with one attached hydrogen (secondary N) is 1. The summed E-state index contributed by atoms with van der Waals surface area (Å²) in [7, 11) is 1.96. The number of thiophene rings is 1. The minimum Gasteiger partial charge on any atom is -0.309 e. The highest BCUT2D eigenvalue weighted by atomic mass is 32.1. The van der Waals surface area contributed by atoms with E-state index in [4.69, 9.17) is 0 Å². The second kappa shape index (κ2) is 6.87. The molecule has 0 bridgehead atoms. The molecule has 0 fully saturated rings. The molecule has 19 heavy (non-hydrogen) atoms. The summed E-state index contributed by atoms with van der Waals surface area (Å²) in [6.07, 6.45) is 5.58. The van der Waals surface area contributed by atoms with Crippen LogP contribution < -0.4 is 5.32 Å². The summed E-state index contributed by atoms with van der Waals surface area (Å²) in [5.41, 5.74) is 1.07. The maximum absolute atomic E-state index is 4.47. The Hall–Kier alpha value is -1.13. The first kappa shape index (κ1) is 14.3. The van der Waals surface area contributed by atoms with Crippen molar-refractivity contribution in [2.75, 3.05) is 6.54 Å². The molecule has 1 N–H and O–H groups in total. The van der Waals surface area contributed by atoms with Crippen molar-refractivity contribution < 1.29 is 0 Å². The first-order chi connectivity index (χ1) is 9.24. The Morgan fingerprint density at radius 2 is 2.11 bits per heavy atom. The molecule has 0 amide bonds. The lowest BCUT2D eigenvalue weighted by Crippen LogP contribution is -2.21. The van der Waals surface area contributed by atoms with Gasteiger partial charge >= 0.3 is 0 Å². The Bertz CT molecular complexity index is 501. The van der Waals surface area contributed by atoms with Gasteiger partial charge < -0.3 is 5.32 Å². The summed E-state index contributed by atoms with van der Waals surface area (Å²) >= 11 is 1.86. The molecule has 2 rings (SSSR count). The molecule has 2 heterocycles. The molecule has 0 radical (unpaired) electrons. The molecule has 0 aliphatic heterocycles. The maximum atomic E-state index is 4.47. The summed E-state index contributed by atoms with van der Waals surface area (Å²) in [6, 6.07) is 7.01. The molecule has 1 unspecified atom stereocenters. The summed E-state index contributed by atoms with van der Waals surface area (Å²) in [5, 5.41) is 8.11. The Morgan fingerprint density at radius 3 is 2.74 bits per heavy atom. The van der Waals surface area contributed by atoms with Crippen LogP contribution in [0.25, 0.3) is 10.6 Å². The molecule has 0 spiro atoms.